The van der Waals surface area contributed by atoms with Crippen molar-refractivity contribution in [3.8, 4) is 0 Å². The van der Waals surface area contributed by atoms with Gasteiger partial charge >= 0.3 is 6.18 Å². The molecule has 3 aromatic rings. The van der Waals surface area contributed by atoms with Gasteiger partial charge in [0.2, 0.25) is 5.95 Å². The Balaban J connectivity index is 1.30. The van der Waals surface area contributed by atoms with Crippen LogP contribution in [0.1, 0.15) is 17.9 Å². The van der Waals surface area contributed by atoms with Crippen molar-refractivity contribution in [2.75, 3.05) is 36.0 Å². The summed E-state index contributed by atoms with van der Waals surface area (Å²) in [5, 5.41) is 4.52. The average molecular weight is 454 g/mol. The normalized spacial score (nSPS) is 18.2. The zero-order chi connectivity index (χ0) is 22.7. The molecule has 3 aromatic heterocycles. The van der Waals surface area contributed by atoms with Crippen LogP contribution in [-0.4, -0.2) is 62.3 Å². The number of hydrogen-bond acceptors (Lipinski definition) is 7. The number of fused-ring (bicyclic) bond motifs is 1. The summed E-state index contributed by atoms with van der Waals surface area (Å²) in [4.78, 5) is 20.2. The highest BCUT2D eigenvalue weighted by molar-refractivity contribution is 5.74. The van der Waals surface area contributed by atoms with Crippen LogP contribution in [0.25, 0.3) is 11.0 Å². The number of anilines is 2. The molecule has 2 aliphatic rings. The van der Waals surface area contributed by atoms with E-state index in [9.17, 15) is 22.0 Å². The maximum absolute atomic E-state index is 13.1. The number of halogens is 5. The highest BCUT2D eigenvalue weighted by Gasteiger charge is 2.49. The van der Waals surface area contributed by atoms with Crippen molar-refractivity contribution in [1.82, 2.24) is 29.7 Å². The Morgan fingerprint density at radius 1 is 1.06 bits per heavy atom. The van der Waals surface area contributed by atoms with Crippen molar-refractivity contribution < 1.29 is 22.0 Å². The zero-order valence-corrected chi connectivity index (χ0v) is 17.0. The van der Waals surface area contributed by atoms with Gasteiger partial charge < -0.3 is 9.80 Å². The fraction of sp³-hybridized carbons (Fsp3) is 0.526. The SMILES string of the molecule is Cc1nc(N2CCC3(C2)CN(c2ncc4cnn(CC(F)F)c4n2)C3)cc(C(F)(F)F)n1. The number of aryl methyl sites for hydroxylation is 1. The van der Waals surface area contributed by atoms with Crippen LogP contribution in [0.5, 0.6) is 0 Å². The van der Waals surface area contributed by atoms with Gasteiger partial charge in [0.05, 0.1) is 11.6 Å². The monoisotopic (exact) mass is 454 g/mol. The molecule has 0 atom stereocenters. The maximum Gasteiger partial charge on any atom is 0.433 e. The van der Waals surface area contributed by atoms with Gasteiger partial charge in [-0.05, 0) is 13.3 Å². The van der Waals surface area contributed by atoms with Crippen LogP contribution in [0.15, 0.2) is 18.5 Å². The molecule has 2 aliphatic heterocycles. The van der Waals surface area contributed by atoms with E-state index in [0.29, 0.717) is 43.2 Å². The van der Waals surface area contributed by atoms with Gasteiger partial charge in [-0.1, -0.05) is 0 Å². The van der Waals surface area contributed by atoms with E-state index >= 15 is 0 Å². The molecule has 8 nitrogen and oxygen atoms in total. The minimum atomic E-state index is -4.53. The molecule has 0 aliphatic carbocycles. The Bertz CT molecular complexity index is 1150. The summed E-state index contributed by atoms with van der Waals surface area (Å²) in [6.45, 7) is 3.28. The van der Waals surface area contributed by atoms with Crippen molar-refractivity contribution >= 4 is 22.8 Å². The third-order valence-electron chi connectivity index (χ3n) is 5.89. The first-order valence-corrected chi connectivity index (χ1v) is 10.0. The summed E-state index contributed by atoms with van der Waals surface area (Å²) in [6.07, 6.45) is -3.27. The molecular formula is C19H19F5N8. The lowest BCUT2D eigenvalue weighted by atomic mass is 9.79. The van der Waals surface area contributed by atoms with Crippen LogP contribution >= 0.6 is 0 Å². The average Bonchev–Trinajstić information content (AvgIpc) is 3.30. The van der Waals surface area contributed by atoms with Crippen molar-refractivity contribution in [3.63, 3.8) is 0 Å². The molecular weight excluding hydrogens is 435 g/mol. The van der Waals surface area contributed by atoms with Gasteiger partial charge in [-0.2, -0.15) is 23.3 Å². The molecule has 32 heavy (non-hydrogen) atoms. The molecule has 0 amide bonds. The first-order chi connectivity index (χ1) is 15.1. The summed E-state index contributed by atoms with van der Waals surface area (Å²) in [7, 11) is 0. The molecule has 170 valence electrons. The van der Waals surface area contributed by atoms with Gasteiger partial charge in [0.25, 0.3) is 6.43 Å². The minimum Gasteiger partial charge on any atom is -0.356 e. The van der Waals surface area contributed by atoms with Crippen LogP contribution in [0, 0.1) is 12.3 Å². The Hall–Kier alpha value is -3.12. The van der Waals surface area contributed by atoms with E-state index in [-0.39, 0.29) is 17.1 Å². The van der Waals surface area contributed by atoms with E-state index in [1.807, 2.05) is 9.80 Å². The van der Waals surface area contributed by atoms with Crippen LogP contribution in [0.3, 0.4) is 0 Å². The van der Waals surface area contributed by atoms with Crippen LogP contribution in [0.4, 0.5) is 33.7 Å². The van der Waals surface area contributed by atoms with Gasteiger partial charge in [0.15, 0.2) is 5.65 Å². The van der Waals surface area contributed by atoms with Crippen molar-refractivity contribution in [3.05, 3.63) is 30.0 Å². The summed E-state index contributed by atoms with van der Waals surface area (Å²) < 4.78 is 66.0. The zero-order valence-electron chi connectivity index (χ0n) is 17.0. The topological polar surface area (TPSA) is 75.9 Å². The summed E-state index contributed by atoms with van der Waals surface area (Å²) in [6, 6.07) is 0.990. The van der Waals surface area contributed by atoms with E-state index in [4.69, 9.17) is 0 Å². The fourth-order valence-electron chi connectivity index (χ4n) is 4.43. The summed E-state index contributed by atoms with van der Waals surface area (Å²) in [5.41, 5.74) is -0.711. The van der Waals surface area contributed by atoms with E-state index in [0.717, 1.165) is 17.2 Å². The smallest absolute Gasteiger partial charge is 0.356 e. The van der Waals surface area contributed by atoms with E-state index in [2.05, 4.69) is 25.0 Å². The fourth-order valence-corrected chi connectivity index (χ4v) is 4.43. The van der Waals surface area contributed by atoms with Crippen LogP contribution < -0.4 is 9.80 Å². The van der Waals surface area contributed by atoms with E-state index in [1.54, 1.807) is 6.20 Å². The molecule has 0 unspecified atom stereocenters. The molecule has 2 fully saturated rings. The van der Waals surface area contributed by atoms with Gasteiger partial charge in [0.1, 0.15) is 23.9 Å². The van der Waals surface area contributed by atoms with Gasteiger partial charge in [-0.15, -0.1) is 0 Å². The number of hydrogen-bond donors (Lipinski definition) is 0. The number of aromatic nitrogens is 6. The Labute approximate surface area is 179 Å². The van der Waals surface area contributed by atoms with Gasteiger partial charge in [0, 0.05) is 43.9 Å². The molecule has 1 spiro atoms. The molecule has 0 saturated carbocycles. The maximum atomic E-state index is 13.1. The summed E-state index contributed by atoms with van der Waals surface area (Å²) in [5.74, 6) is 0.775. The lowest BCUT2D eigenvalue weighted by Crippen LogP contribution is -2.58. The predicted molar refractivity (Wildman–Crippen MR) is 105 cm³/mol. The molecule has 2 saturated heterocycles. The van der Waals surface area contributed by atoms with E-state index in [1.165, 1.54) is 13.1 Å². The number of alkyl halides is 5. The van der Waals surface area contributed by atoms with E-state index < -0.39 is 24.8 Å². The standard InChI is InChI=1S/C19H19F5N8/c1-11-27-13(19(22,23)24)4-15(28-11)30-3-2-18(8-30)9-31(10-18)17-25-5-12-6-26-32(7-14(20)21)16(12)29-17/h4-6,14H,2-3,7-10H2,1H3. The Kier molecular flexibility index (Phi) is 4.67. The second kappa shape index (κ2) is 7.20. The lowest BCUT2D eigenvalue weighted by Gasteiger charge is -2.47. The lowest BCUT2D eigenvalue weighted by molar-refractivity contribution is -0.141. The van der Waals surface area contributed by atoms with Crippen molar-refractivity contribution in [1.29, 1.82) is 0 Å². The molecule has 5 heterocycles. The molecule has 0 radical (unpaired) electrons. The first-order valence-electron chi connectivity index (χ1n) is 10.0. The third-order valence-corrected chi connectivity index (χ3v) is 5.89. The second-order valence-corrected chi connectivity index (χ2v) is 8.35. The molecule has 5 rings (SSSR count). The molecule has 0 aromatic carbocycles. The Morgan fingerprint density at radius 2 is 1.81 bits per heavy atom. The Morgan fingerprint density at radius 3 is 2.53 bits per heavy atom. The van der Waals surface area contributed by atoms with Crippen LogP contribution in [-0.2, 0) is 12.7 Å². The molecule has 0 N–H and O–H groups in total. The highest BCUT2D eigenvalue weighted by Crippen LogP contribution is 2.42. The van der Waals surface area contributed by atoms with Crippen LogP contribution in [0.2, 0.25) is 0 Å². The largest absolute Gasteiger partial charge is 0.433 e. The third kappa shape index (κ3) is 3.69. The van der Waals surface area contributed by atoms with Gasteiger partial charge in [-0.3, -0.25) is 0 Å². The quantitative estimate of drug-likeness (QED) is 0.561. The second-order valence-electron chi connectivity index (χ2n) is 8.35. The number of nitrogens with zero attached hydrogens (tertiary/aromatic N) is 8. The van der Waals surface area contributed by atoms with Crippen molar-refractivity contribution in [2.45, 2.75) is 32.5 Å². The molecule has 13 heteroatoms. The van der Waals surface area contributed by atoms with Gasteiger partial charge in [-0.25, -0.2) is 28.4 Å². The first kappa shape index (κ1) is 20.8. The highest BCUT2D eigenvalue weighted by atomic mass is 19.4. The predicted octanol–water partition coefficient (Wildman–Crippen LogP) is 2.93. The summed E-state index contributed by atoms with van der Waals surface area (Å²) >= 11 is 0. The van der Waals surface area contributed by atoms with Crippen molar-refractivity contribution in [2.24, 2.45) is 5.41 Å². The molecule has 0 bridgehead atoms. The minimum absolute atomic E-state index is 0.0770. The number of rotatable bonds is 4.